The molecule has 1 heterocycles. The van der Waals surface area contributed by atoms with E-state index in [1.54, 1.807) is 0 Å². The van der Waals surface area contributed by atoms with Crippen molar-refractivity contribution in [2.75, 3.05) is 23.5 Å². The maximum atomic E-state index is 12.3. The molecule has 0 amide bonds. The fraction of sp³-hybridized carbons (Fsp3) is 0.929. The van der Waals surface area contributed by atoms with Gasteiger partial charge >= 0.3 is 11.0 Å². The van der Waals surface area contributed by atoms with Crippen molar-refractivity contribution in [2.24, 2.45) is 17.8 Å². The SMILES string of the molecule is C[S+](C1CCCCC1)C1C(=O)C2CCC1C2.O=C(C[S+]1CCCC1)C1CCCCC1.O=S(=O)([O-])C(F)(F)F.O=S(=O)([O-])C(F)(F)F. The van der Waals surface area contributed by atoms with Crippen LogP contribution in [0.2, 0.25) is 0 Å². The minimum absolute atomic E-state index is 0.389. The van der Waals surface area contributed by atoms with Gasteiger partial charge in [0.2, 0.25) is 0 Å². The summed E-state index contributed by atoms with van der Waals surface area (Å²) in [6, 6.07) is 0. The minimum atomic E-state index is -6.09. The first-order valence-electron chi connectivity index (χ1n) is 15.5. The molecule has 0 aromatic rings. The van der Waals surface area contributed by atoms with Gasteiger partial charge in [-0.3, -0.25) is 9.59 Å². The molecule has 4 atom stereocenters. The Morgan fingerprint density at radius 3 is 1.59 bits per heavy atom. The van der Waals surface area contributed by atoms with E-state index >= 15 is 0 Å². The van der Waals surface area contributed by atoms with E-state index in [1.165, 1.54) is 108 Å². The topological polar surface area (TPSA) is 149 Å². The van der Waals surface area contributed by atoms with Gasteiger partial charge in [0.05, 0.1) is 6.26 Å². The fourth-order valence-electron chi connectivity index (χ4n) is 6.75. The fourth-order valence-corrected chi connectivity index (χ4v) is 12.0. The number of ketones is 2. The van der Waals surface area contributed by atoms with Gasteiger partial charge in [-0.15, -0.1) is 0 Å². The molecule has 5 aliphatic rings. The van der Waals surface area contributed by atoms with E-state index in [9.17, 15) is 35.9 Å². The van der Waals surface area contributed by atoms with Crippen LogP contribution in [0.3, 0.4) is 0 Å². The molecule has 270 valence electrons. The number of hydrogen-bond acceptors (Lipinski definition) is 8. The van der Waals surface area contributed by atoms with Gasteiger partial charge in [0.1, 0.15) is 16.8 Å². The quantitative estimate of drug-likeness (QED) is 0.153. The Hall–Kier alpha value is -0.560. The second kappa shape index (κ2) is 17.9. The molecular formula is C28H44F6O8S4. The maximum absolute atomic E-state index is 12.3. The zero-order valence-corrected chi connectivity index (χ0v) is 29.0. The van der Waals surface area contributed by atoms with Gasteiger partial charge < -0.3 is 9.11 Å². The third-order valence-electron chi connectivity index (χ3n) is 9.15. The van der Waals surface area contributed by atoms with Gasteiger partial charge in [0.25, 0.3) is 0 Å². The van der Waals surface area contributed by atoms with Crippen LogP contribution in [0.25, 0.3) is 0 Å². The Kier molecular flexibility index (Phi) is 16.2. The maximum Gasteiger partial charge on any atom is 0.485 e. The van der Waals surface area contributed by atoms with Crippen molar-refractivity contribution >= 4 is 53.6 Å². The first-order chi connectivity index (χ1) is 21.1. The van der Waals surface area contributed by atoms with Crippen molar-refractivity contribution in [3.05, 3.63) is 0 Å². The van der Waals surface area contributed by atoms with Gasteiger partial charge in [0, 0.05) is 17.8 Å². The number of carbonyl (C=O) groups excluding carboxylic acids is 2. The molecule has 4 unspecified atom stereocenters. The molecule has 4 aliphatic carbocycles. The molecule has 0 N–H and O–H groups in total. The average molecular weight is 751 g/mol. The lowest BCUT2D eigenvalue weighted by molar-refractivity contribution is -0.122. The molecule has 46 heavy (non-hydrogen) atoms. The smallest absolute Gasteiger partial charge is 0.485 e. The highest BCUT2D eigenvalue weighted by atomic mass is 32.2. The number of fused-ring (bicyclic) bond motifs is 2. The van der Waals surface area contributed by atoms with Gasteiger partial charge in [-0.05, 0) is 92.4 Å². The van der Waals surface area contributed by atoms with E-state index in [2.05, 4.69) is 6.26 Å². The highest BCUT2D eigenvalue weighted by Crippen LogP contribution is 2.47. The monoisotopic (exact) mass is 750 g/mol. The summed E-state index contributed by atoms with van der Waals surface area (Å²) in [5, 5.41) is 1.38. The predicted molar refractivity (Wildman–Crippen MR) is 164 cm³/mol. The Morgan fingerprint density at radius 2 is 1.20 bits per heavy atom. The molecule has 0 aromatic heterocycles. The highest BCUT2D eigenvalue weighted by molar-refractivity contribution is 7.98. The number of hydrogen-bond donors (Lipinski definition) is 0. The van der Waals surface area contributed by atoms with Crippen molar-refractivity contribution < 1.29 is 61.9 Å². The summed E-state index contributed by atoms with van der Waals surface area (Å²) >= 11 is 0. The summed E-state index contributed by atoms with van der Waals surface area (Å²) in [6.07, 6.45) is 22.4. The number of alkyl halides is 6. The Balaban J connectivity index is 0.000000225. The Labute approximate surface area is 273 Å². The third kappa shape index (κ3) is 13.0. The molecule has 5 fully saturated rings. The molecule has 4 saturated carbocycles. The summed E-state index contributed by atoms with van der Waals surface area (Å²) in [4.78, 5) is 24.2. The molecule has 0 radical (unpaired) electrons. The van der Waals surface area contributed by atoms with Gasteiger partial charge in [-0.1, -0.05) is 25.7 Å². The van der Waals surface area contributed by atoms with Crippen LogP contribution >= 0.6 is 0 Å². The first kappa shape index (κ1) is 41.6. The second-order valence-corrected chi connectivity index (χ2v) is 19.9. The first-order valence-corrected chi connectivity index (χ1v) is 21.8. The molecule has 5 rings (SSSR count). The lowest BCUT2D eigenvalue weighted by Gasteiger charge is -2.27. The van der Waals surface area contributed by atoms with E-state index in [0.717, 1.165) is 16.9 Å². The minimum Gasteiger partial charge on any atom is -0.741 e. The Morgan fingerprint density at radius 1 is 0.761 bits per heavy atom. The molecule has 2 bridgehead atoms. The normalized spacial score (nSPS) is 27.1. The molecule has 18 heteroatoms. The van der Waals surface area contributed by atoms with E-state index in [0.29, 0.717) is 50.4 Å². The number of rotatable bonds is 5. The van der Waals surface area contributed by atoms with E-state index in [4.69, 9.17) is 25.9 Å². The second-order valence-electron chi connectivity index (χ2n) is 12.4. The standard InChI is InChI=1S/C14H23OS.C12H21OS.2CHF3O3S/c1-16(12-5-3-2-4-6-12)14-11-8-7-10(9-11)13(14)15;13-12(10-14-8-4-5-9-14)11-6-2-1-3-7-11;2*2-1(3,4)8(5,6)7/h10-12,14H,2-9H2,1H3;11H,1-10H2;2*(H,5,6,7)/q2*+1;;/p-2. The van der Waals surface area contributed by atoms with Crippen molar-refractivity contribution in [1.29, 1.82) is 0 Å². The zero-order chi connectivity index (χ0) is 34.9. The van der Waals surface area contributed by atoms with E-state index in [-0.39, 0.29) is 0 Å². The molecule has 1 aliphatic heterocycles. The average Bonchev–Trinajstić information content (AvgIpc) is 3.71. The molecule has 8 nitrogen and oxygen atoms in total. The summed E-state index contributed by atoms with van der Waals surface area (Å²) in [5.41, 5.74) is -11.3. The van der Waals surface area contributed by atoms with Crippen LogP contribution in [0.15, 0.2) is 0 Å². The Bertz CT molecular complexity index is 1150. The van der Waals surface area contributed by atoms with Crippen LogP contribution in [0.1, 0.15) is 96.3 Å². The van der Waals surface area contributed by atoms with Gasteiger partial charge in [-0.2, -0.15) is 26.3 Å². The zero-order valence-electron chi connectivity index (χ0n) is 25.8. The van der Waals surface area contributed by atoms with Gasteiger partial charge in [0.15, 0.2) is 42.8 Å². The number of carbonyl (C=O) groups is 2. The molecule has 0 spiro atoms. The molecule has 0 aromatic carbocycles. The van der Waals surface area contributed by atoms with E-state index in [1.807, 2.05) is 0 Å². The highest BCUT2D eigenvalue weighted by Gasteiger charge is 2.55. The lowest BCUT2D eigenvalue weighted by Crippen LogP contribution is -2.41. The number of Topliss-reactive ketones (excluding diaryl/α,β-unsaturated/α-hetero) is 2. The van der Waals surface area contributed by atoms with E-state index < -0.39 is 31.3 Å². The van der Waals surface area contributed by atoms with Crippen molar-refractivity contribution in [1.82, 2.24) is 0 Å². The van der Waals surface area contributed by atoms with Crippen LogP contribution in [0.5, 0.6) is 0 Å². The van der Waals surface area contributed by atoms with Gasteiger partial charge in [-0.25, -0.2) is 16.8 Å². The lowest BCUT2D eigenvalue weighted by atomic mass is 9.87. The largest absolute Gasteiger partial charge is 0.741 e. The summed E-state index contributed by atoms with van der Waals surface area (Å²) in [7, 11) is -11.3. The van der Waals surface area contributed by atoms with Crippen molar-refractivity contribution in [2.45, 2.75) is 118 Å². The summed E-state index contributed by atoms with van der Waals surface area (Å²) in [6.45, 7) is 0. The van der Waals surface area contributed by atoms with Crippen LogP contribution < -0.4 is 0 Å². The summed E-state index contributed by atoms with van der Waals surface area (Å²) < 4.78 is 118. The van der Waals surface area contributed by atoms with Crippen molar-refractivity contribution in [3.8, 4) is 0 Å². The van der Waals surface area contributed by atoms with Crippen molar-refractivity contribution in [3.63, 3.8) is 0 Å². The predicted octanol–water partition coefficient (Wildman–Crippen LogP) is 5.59. The third-order valence-corrected chi connectivity index (χ3v) is 15.7. The van der Waals surface area contributed by atoms with Crippen LogP contribution in [0, 0.1) is 17.8 Å². The van der Waals surface area contributed by atoms with Crippen LogP contribution in [-0.4, -0.2) is 82.5 Å². The molecule has 1 saturated heterocycles. The molecular weight excluding hydrogens is 707 g/mol. The van der Waals surface area contributed by atoms with Crippen LogP contribution in [-0.2, 0) is 51.6 Å². The summed E-state index contributed by atoms with van der Waals surface area (Å²) in [5.74, 6) is 6.61. The number of halogens is 6. The van der Waals surface area contributed by atoms with Crippen LogP contribution in [0.4, 0.5) is 26.3 Å².